The smallest absolute Gasteiger partial charge is 0.206 e. The van der Waals surface area contributed by atoms with Gasteiger partial charge in [0, 0.05) is 10.6 Å². The predicted octanol–water partition coefficient (Wildman–Crippen LogP) is 2.67. The maximum absolute atomic E-state index is 11.6. The van der Waals surface area contributed by atoms with Crippen LogP contribution in [0.15, 0.2) is 36.4 Å². The molecule has 0 aliphatic heterocycles. The Morgan fingerprint density at radius 3 is 2.33 bits per heavy atom. The molecule has 0 unspecified atom stereocenters. The summed E-state index contributed by atoms with van der Waals surface area (Å²) in [7, 11) is 0. The van der Waals surface area contributed by atoms with Crippen molar-refractivity contribution in [3.8, 4) is 11.4 Å². The second kappa shape index (κ2) is 3.92. The first-order valence-electron chi connectivity index (χ1n) is 5.28. The zero-order valence-electron chi connectivity index (χ0n) is 9.11. The van der Waals surface area contributed by atoms with Gasteiger partial charge in [0.15, 0.2) is 0 Å². The summed E-state index contributed by atoms with van der Waals surface area (Å²) < 4.78 is 0. The highest BCUT2D eigenvalue weighted by atomic mass is 35.5. The predicted molar refractivity (Wildman–Crippen MR) is 66.8 cm³/mol. The number of imidazole rings is 1. The second-order valence-electron chi connectivity index (χ2n) is 3.88. The number of carbonyl (C=O) groups excluding carboxylic acids is 2. The van der Waals surface area contributed by atoms with Gasteiger partial charge in [0.05, 0.1) is 0 Å². The molecule has 3 rings (SSSR count). The summed E-state index contributed by atoms with van der Waals surface area (Å²) in [5, 5.41) is 0.615. The van der Waals surface area contributed by atoms with Gasteiger partial charge < -0.3 is 4.98 Å². The number of benzene rings is 1. The molecular weight excluding hydrogens is 252 g/mol. The number of hydrogen-bond acceptors (Lipinski definition) is 3. The molecule has 0 saturated carbocycles. The first-order valence-corrected chi connectivity index (χ1v) is 5.65. The molecule has 0 saturated heterocycles. The van der Waals surface area contributed by atoms with Crippen molar-refractivity contribution in [3.63, 3.8) is 0 Å². The van der Waals surface area contributed by atoms with Crippen LogP contribution in [0.4, 0.5) is 0 Å². The van der Waals surface area contributed by atoms with Crippen LogP contribution in [0.3, 0.4) is 0 Å². The first-order chi connectivity index (χ1) is 8.65. The molecule has 1 aromatic carbocycles. The highest BCUT2D eigenvalue weighted by Gasteiger charge is 2.24. The lowest BCUT2D eigenvalue weighted by molar-refractivity contribution is 0.0989. The third kappa shape index (κ3) is 1.67. The van der Waals surface area contributed by atoms with E-state index in [-0.39, 0.29) is 23.0 Å². The van der Waals surface area contributed by atoms with E-state index in [0.717, 1.165) is 5.56 Å². The number of H-pyrrole nitrogens is 1. The number of ketones is 2. The standard InChI is InChI=1S/C13H7ClN2O2/c14-8-3-1-7(2-4-8)13-15-11-9(17)5-6-10(18)12(11)16-13/h1-6H,(H,15,16). The highest BCUT2D eigenvalue weighted by Crippen LogP contribution is 2.22. The van der Waals surface area contributed by atoms with Crippen molar-refractivity contribution < 1.29 is 9.59 Å². The maximum Gasteiger partial charge on any atom is 0.206 e. The molecule has 0 spiro atoms. The largest absolute Gasteiger partial charge is 0.335 e. The van der Waals surface area contributed by atoms with Gasteiger partial charge in [-0.15, -0.1) is 0 Å². The average molecular weight is 259 g/mol. The van der Waals surface area contributed by atoms with Crippen molar-refractivity contribution in [3.05, 3.63) is 52.8 Å². The summed E-state index contributed by atoms with van der Waals surface area (Å²) in [6.07, 6.45) is 2.48. The van der Waals surface area contributed by atoms with Crippen molar-refractivity contribution in [1.82, 2.24) is 9.97 Å². The van der Waals surface area contributed by atoms with Crippen molar-refractivity contribution in [2.45, 2.75) is 0 Å². The van der Waals surface area contributed by atoms with Gasteiger partial charge in [-0.05, 0) is 36.4 Å². The number of aromatic nitrogens is 2. The Hall–Kier alpha value is -2.20. The fourth-order valence-corrected chi connectivity index (χ4v) is 1.91. The normalized spacial score (nSPS) is 13.8. The van der Waals surface area contributed by atoms with Gasteiger partial charge in [-0.25, -0.2) is 4.98 Å². The molecule has 0 fully saturated rings. The Morgan fingerprint density at radius 2 is 1.67 bits per heavy atom. The lowest BCUT2D eigenvalue weighted by Gasteiger charge is -1.98. The number of carbonyl (C=O) groups is 2. The van der Waals surface area contributed by atoms with Gasteiger partial charge >= 0.3 is 0 Å². The summed E-state index contributed by atoms with van der Waals surface area (Å²) in [6, 6.07) is 6.99. The Kier molecular flexibility index (Phi) is 2.38. The molecule has 1 heterocycles. The minimum Gasteiger partial charge on any atom is -0.335 e. The molecule has 0 radical (unpaired) electrons. The van der Waals surface area contributed by atoms with E-state index in [2.05, 4.69) is 9.97 Å². The molecule has 0 amide bonds. The zero-order chi connectivity index (χ0) is 12.7. The minimum atomic E-state index is -0.263. The van der Waals surface area contributed by atoms with Crippen molar-refractivity contribution in [1.29, 1.82) is 0 Å². The van der Waals surface area contributed by atoms with Crippen molar-refractivity contribution in [2.24, 2.45) is 0 Å². The quantitative estimate of drug-likeness (QED) is 0.855. The lowest BCUT2D eigenvalue weighted by Crippen LogP contribution is -2.10. The Labute approximate surface area is 107 Å². The second-order valence-corrected chi connectivity index (χ2v) is 4.31. The van der Waals surface area contributed by atoms with E-state index >= 15 is 0 Å². The van der Waals surface area contributed by atoms with Crippen LogP contribution in [-0.2, 0) is 0 Å². The van der Waals surface area contributed by atoms with Crippen LogP contribution in [-0.4, -0.2) is 21.5 Å². The topological polar surface area (TPSA) is 62.8 Å². The number of allylic oxidation sites excluding steroid dienone is 2. The molecule has 1 aliphatic rings. The number of rotatable bonds is 1. The lowest BCUT2D eigenvalue weighted by atomic mass is 10.1. The number of nitrogens with one attached hydrogen (secondary N) is 1. The molecule has 88 valence electrons. The van der Waals surface area contributed by atoms with Gasteiger partial charge in [-0.1, -0.05) is 11.6 Å². The Balaban J connectivity index is 2.11. The molecular formula is C13H7ClN2O2. The van der Waals surface area contributed by atoms with Crippen LogP contribution >= 0.6 is 11.6 Å². The highest BCUT2D eigenvalue weighted by molar-refractivity contribution is 6.30. The average Bonchev–Trinajstić information content (AvgIpc) is 2.81. The Bertz CT molecular complexity index is 648. The van der Waals surface area contributed by atoms with E-state index < -0.39 is 0 Å². The molecule has 2 aromatic rings. The van der Waals surface area contributed by atoms with Gasteiger partial charge in [-0.3, -0.25) is 9.59 Å². The number of halogens is 1. The molecule has 0 atom stereocenters. The number of hydrogen-bond donors (Lipinski definition) is 1. The fourth-order valence-electron chi connectivity index (χ4n) is 1.79. The van der Waals surface area contributed by atoms with E-state index in [1.807, 2.05) is 0 Å². The van der Waals surface area contributed by atoms with E-state index in [1.54, 1.807) is 24.3 Å². The van der Waals surface area contributed by atoms with E-state index in [4.69, 9.17) is 11.6 Å². The third-order valence-corrected chi connectivity index (χ3v) is 2.94. The summed E-state index contributed by atoms with van der Waals surface area (Å²) in [4.78, 5) is 30.2. The van der Waals surface area contributed by atoms with Crippen LogP contribution in [0.5, 0.6) is 0 Å². The van der Waals surface area contributed by atoms with Gasteiger partial charge in [0.2, 0.25) is 11.6 Å². The number of aromatic amines is 1. The molecule has 0 bridgehead atoms. The SMILES string of the molecule is O=C1C=CC(=O)c2[nH]c(-c3ccc(Cl)cc3)nc21. The Morgan fingerprint density at radius 1 is 1.00 bits per heavy atom. The van der Waals surface area contributed by atoms with Crippen molar-refractivity contribution >= 4 is 23.2 Å². The molecule has 4 nitrogen and oxygen atoms in total. The summed E-state index contributed by atoms with van der Waals surface area (Å²) in [5.41, 5.74) is 1.19. The number of nitrogens with zero attached hydrogens (tertiary/aromatic N) is 1. The molecule has 1 N–H and O–H groups in total. The molecule has 1 aromatic heterocycles. The van der Waals surface area contributed by atoms with Gasteiger partial charge in [-0.2, -0.15) is 0 Å². The third-order valence-electron chi connectivity index (χ3n) is 2.69. The van der Waals surface area contributed by atoms with E-state index in [9.17, 15) is 9.59 Å². The maximum atomic E-state index is 11.6. The van der Waals surface area contributed by atoms with Crippen LogP contribution in [0, 0.1) is 0 Å². The van der Waals surface area contributed by atoms with Crippen LogP contribution in [0.2, 0.25) is 5.02 Å². The van der Waals surface area contributed by atoms with Crippen molar-refractivity contribution in [2.75, 3.05) is 0 Å². The first kappa shape index (κ1) is 10.9. The summed E-state index contributed by atoms with van der Waals surface area (Å²) in [5.74, 6) is -0.0135. The van der Waals surface area contributed by atoms with Crippen LogP contribution in [0.25, 0.3) is 11.4 Å². The number of fused-ring (bicyclic) bond motifs is 1. The molecule has 1 aliphatic carbocycles. The molecule has 18 heavy (non-hydrogen) atoms. The van der Waals surface area contributed by atoms with Crippen LogP contribution < -0.4 is 0 Å². The van der Waals surface area contributed by atoms with E-state index in [1.165, 1.54) is 12.2 Å². The summed E-state index contributed by atoms with van der Waals surface area (Å²) >= 11 is 5.80. The fraction of sp³-hybridized carbons (Fsp3) is 0. The van der Waals surface area contributed by atoms with E-state index in [0.29, 0.717) is 10.8 Å². The van der Waals surface area contributed by atoms with Gasteiger partial charge in [0.1, 0.15) is 17.2 Å². The zero-order valence-corrected chi connectivity index (χ0v) is 9.86. The minimum absolute atomic E-state index is 0.174. The van der Waals surface area contributed by atoms with Gasteiger partial charge in [0.25, 0.3) is 0 Å². The van der Waals surface area contributed by atoms with Crippen LogP contribution in [0.1, 0.15) is 21.0 Å². The summed E-state index contributed by atoms with van der Waals surface area (Å²) in [6.45, 7) is 0. The monoisotopic (exact) mass is 258 g/mol. The molecule has 5 heteroatoms.